The van der Waals surface area contributed by atoms with Crippen LogP contribution in [0.25, 0.3) is 0 Å². The number of fused-ring (bicyclic) bond motifs is 1. The number of hydrogen-bond acceptors (Lipinski definition) is 2. The lowest BCUT2D eigenvalue weighted by Gasteiger charge is -2.36. The second-order valence-corrected chi connectivity index (χ2v) is 4.53. The van der Waals surface area contributed by atoms with Crippen molar-refractivity contribution in [3.8, 4) is 5.75 Å². The minimum absolute atomic E-state index is 0.249. The Morgan fingerprint density at radius 2 is 2.27 bits per heavy atom. The topological polar surface area (TPSA) is 21.3 Å². The van der Waals surface area contributed by atoms with Crippen molar-refractivity contribution in [1.82, 2.24) is 0 Å². The molecule has 0 spiro atoms. The van der Waals surface area contributed by atoms with Crippen LogP contribution < -0.4 is 10.1 Å². The molecule has 1 aliphatic heterocycles. The molecule has 0 aromatic heterocycles. The van der Waals surface area contributed by atoms with E-state index in [4.69, 9.17) is 4.74 Å². The lowest BCUT2D eigenvalue weighted by atomic mass is 9.85. The molecule has 0 saturated heterocycles. The maximum atomic E-state index is 5.37. The van der Waals surface area contributed by atoms with Crippen LogP contribution in [0, 0.1) is 0 Å². The average Bonchev–Trinajstić information content (AvgIpc) is 2.28. The minimum Gasteiger partial charge on any atom is -0.496 e. The van der Waals surface area contributed by atoms with Crippen molar-refractivity contribution in [2.45, 2.75) is 38.6 Å². The molecule has 1 aromatic rings. The largest absolute Gasteiger partial charge is 0.496 e. The predicted molar refractivity (Wildman–Crippen MR) is 63.6 cm³/mol. The van der Waals surface area contributed by atoms with Crippen molar-refractivity contribution < 1.29 is 4.74 Å². The summed E-state index contributed by atoms with van der Waals surface area (Å²) in [5, 5.41) is 3.62. The number of anilines is 1. The Labute approximate surface area is 91.6 Å². The highest BCUT2D eigenvalue weighted by Gasteiger charge is 2.28. The third kappa shape index (κ3) is 1.81. The summed E-state index contributed by atoms with van der Waals surface area (Å²) in [4.78, 5) is 0. The van der Waals surface area contributed by atoms with E-state index in [1.165, 1.54) is 17.7 Å². The van der Waals surface area contributed by atoms with Gasteiger partial charge in [-0.2, -0.15) is 0 Å². The zero-order valence-electron chi connectivity index (χ0n) is 9.76. The molecule has 1 aliphatic rings. The van der Waals surface area contributed by atoms with Gasteiger partial charge in [-0.15, -0.1) is 0 Å². The van der Waals surface area contributed by atoms with Crippen molar-refractivity contribution in [2.75, 3.05) is 12.4 Å². The zero-order valence-corrected chi connectivity index (χ0v) is 9.76. The van der Waals surface area contributed by atoms with Gasteiger partial charge in [0.05, 0.1) is 7.11 Å². The number of rotatable bonds is 2. The Morgan fingerprint density at radius 3 is 2.93 bits per heavy atom. The fourth-order valence-corrected chi connectivity index (χ4v) is 2.19. The van der Waals surface area contributed by atoms with E-state index in [1.54, 1.807) is 7.11 Å². The van der Waals surface area contributed by atoms with Crippen LogP contribution >= 0.6 is 0 Å². The summed E-state index contributed by atoms with van der Waals surface area (Å²) in [5.41, 5.74) is 2.81. The smallest absolute Gasteiger partial charge is 0.124 e. The van der Waals surface area contributed by atoms with E-state index in [1.807, 2.05) is 12.1 Å². The normalized spacial score (nSPS) is 24.2. The van der Waals surface area contributed by atoms with E-state index in [0.717, 1.165) is 18.6 Å². The first-order valence-electron chi connectivity index (χ1n) is 5.62. The summed E-state index contributed by atoms with van der Waals surface area (Å²) >= 11 is 0. The predicted octanol–water partition coefficient (Wildman–Crippen LogP) is 3.22. The summed E-state index contributed by atoms with van der Waals surface area (Å²) < 4.78 is 5.37. The van der Waals surface area contributed by atoms with Gasteiger partial charge in [0, 0.05) is 16.8 Å². The number of nitrogens with one attached hydrogen (secondary N) is 1. The van der Waals surface area contributed by atoms with Gasteiger partial charge in [0.1, 0.15) is 5.75 Å². The molecular weight excluding hydrogens is 186 g/mol. The maximum Gasteiger partial charge on any atom is 0.124 e. The summed E-state index contributed by atoms with van der Waals surface area (Å²) in [5.74, 6) is 1.01. The Bertz CT molecular complexity index is 362. The second-order valence-electron chi connectivity index (χ2n) is 4.53. The molecule has 2 nitrogen and oxygen atoms in total. The molecule has 82 valence electrons. The molecular formula is C13H19NO. The van der Waals surface area contributed by atoms with Gasteiger partial charge in [0.25, 0.3) is 0 Å². The summed E-state index contributed by atoms with van der Waals surface area (Å²) in [6.45, 7) is 4.52. The SMILES string of the molecule is CCC1(C)CCc2c(cccc2OC)N1. The van der Waals surface area contributed by atoms with Gasteiger partial charge >= 0.3 is 0 Å². The zero-order chi connectivity index (χ0) is 10.9. The molecule has 2 heteroatoms. The number of ether oxygens (including phenoxy) is 1. The van der Waals surface area contributed by atoms with Crippen LogP contribution in [0.2, 0.25) is 0 Å². The average molecular weight is 205 g/mol. The highest BCUT2D eigenvalue weighted by atomic mass is 16.5. The molecule has 0 amide bonds. The van der Waals surface area contributed by atoms with Gasteiger partial charge < -0.3 is 10.1 Å². The molecule has 1 unspecified atom stereocenters. The molecule has 0 bridgehead atoms. The maximum absolute atomic E-state index is 5.37. The van der Waals surface area contributed by atoms with E-state index >= 15 is 0 Å². The summed E-state index contributed by atoms with van der Waals surface area (Å²) in [6.07, 6.45) is 3.44. The van der Waals surface area contributed by atoms with E-state index in [0.29, 0.717) is 0 Å². The highest BCUT2D eigenvalue weighted by molar-refractivity contribution is 5.60. The molecule has 1 atom stereocenters. The third-order valence-corrected chi connectivity index (χ3v) is 3.50. The van der Waals surface area contributed by atoms with Crippen molar-refractivity contribution in [1.29, 1.82) is 0 Å². The van der Waals surface area contributed by atoms with E-state index in [9.17, 15) is 0 Å². The standard InChI is InChI=1S/C13H19NO/c1-4-13(2)9-8-10-11(14-13)6-5-7-12(10)15-3/h5-7,14H,4,8-9H2,1-3H3. The molecule has 1 N–H and O–H groups in total. The molecule has 1 heterocycles. The lowest BCUT2D eigenvalue weighted by molar-refractivity contribution is 0.396. The van der Waals surface area contributed by atoms with E-state index in [-0.39, 0.29) is 5.54 Å². The lowest BCUT2D eigenvalue weighted by Crippen LogP contribution is -2.37. The van der Waals surface area contributed by atoms with Gasteiger partial charge in [-0.3, -0.25) is 0 Å². The fourth-order valence-electron chi connectivity index (χ4n) is 2.19. The van der Waals surface area contributed by atoms with Crippen molar-refractivity contribution in [2.24, 2.45) is 0 Å². The van der Waals surface area contributed by atoms with Crippen LogP contribution in [0.5, 0.6) is 5.75 Å². The van der Waals surface area contributed by atoms with Gasteiger partial charge in [-0.05, 0) is 38.3 Å². The molecule has 0 radical (unpaired) electrons. The van der Waals surface area contributed by atoms with Gasteiger partial charge in [0.15, 0.2) is 0 Å². The second kappa shape index (κ2) is 3.76. The van der Waals surface area contributed by atoms with Crippen LogP contribution in [0.3, 0.4) is 0 Å². The van der Waals surface area contributed by atoms with Crippen molar-refractivity contribution in [3.05, 3.63) is 23.8 Å². The number of hydrogen-bond donors (Lipinski definition) is 1. The molecule has 0 aliphatic carbocycles. The number of methoxy groups -OCH3 is 1. The first kappa shape index (κ1) is 10.3. The van der Waals surface area contributed by atoms with Crippen LogP contribution in [0.4, 0.5) is 5.69 Å². The Balaban J connectivity index is 2.35. The molecule has 0 fully saturated rings. The van der Waals surface area contributed by atoms with Crippen molar-refractivity contribution in [3.63, 3.8) is 0 Å². The molecule has 2 rings (SSSR count). The Hall–Kier alpha value is -1.18. The van der Waals surface area contributed by atoms with Gasteiger partial charge in [0.2, 0.25) is 0 Å². The van der Waals surface area contributed by atoms with Gasteiger partial charge in [-0.1, -0.05) is 13.0 Å². The first-order valence-corrected chi connectivity index (χ1v) is 5.62. The van der Waals surface area contributed by atoms with Crippen LogP contribution in [0.15, 0.2) is 18.2 Å². The van der Waals surface area contributed by atoms with Crippen LogP contribution in [-0.2, 0) is 6.42 Å². The summed E-state index contributed by atoms with van der Waals surface area (Å²) in [6, 6.07) is 6.23. The quantitative estimate of drug-likeness (QED) is 0.800. The molecule has 1 aromatic carbocycles. The van der Waals surface area contributed by atoms with Gasteiger partial charge in [-0.25, -0.2) is 0 Å². The van der Waals surface area contributed by atoms with Crippen LogP contribution in [0.1, 0.15) is 32.3 Å². The highest BCUT2D eigenvalue weighted by Crippen LogP contribution is 2.37. The summed E-state index contributed by atoms with van der Waals surface area (Å²) in [7, 11) is 1.74. The Kier molecular flexibility index (Phi) is 2.59. The molecule has 0 saturated carbocycles. The number of benzene rings is 1. The van der Waals surface area contributed by atoms with Crippen LogP contribution in [-0.4, -0.2) is 12.6 Å². The Morgan fingerprint density at radius 1 is 1.47 bits per heavy atom. The third-order valence-electron chi connectivity index (χ3n) is 3.50. The minimum atomic E-state index is 0.249. The fraction of sp³-hybridized carbons (Fsp3) is 0.538. The first-order chi connectivity index (χ1) is 7.18. The molecule has 15 heavy (non-hydrogen) atoms. The van der Waals surface area contributed by atoms with E-state index < -0.39 is 0 Å². The monoisotopic (exact) mass is 205 g/mol. The van der Waals surface area contributed by atoms with E-state index in [2.05, 4.69) is 25.2 Å². The van der Waals surface area contributed by atoms with Crippen molar-refractivity contribution >= 4 is 5.69 Å².